The molecule has 0 aliphatic heterocycles. The molecule has 5 nitrogen and oxygen atoms in total. The summed E-state index contributed by atoms with van der Waals surface area (Å²) in [5.41, 5.74) is 7.00. The van der Waals surface area contributed by atoms with Crippen molar-refractivity contribution in [2.24, 2.45) is 0 Å². The smallest absolute Gasteiger partial charge is 0.360 e. The van der Waals surface area contributed by atoms with Gasteiger partial charge in [0, 0.05) is 0 Å². The van der Waals surface area contributed by atoms with Crippen molar-refractivity contribution in [1.82, 2.24) is 9.97 Å². The summed E-state index contributed by atoms with van der Waals surface area (Å²) in [7, 11) is 0. The van der Waals surface area contributed by atoms with E-state index in [2.05, 4.69) is 9.97 Å². The average Bonchev–Trinajstić information content (AvgIpc) is 2.28. The van der Waals surface area contributed by atoms with Crippen LogP contribution in [-0.4, -0.2) is 22.5 Å². The summed E-state index contributed by atoms with van der Waals surface area (Å²) in [4.78, 5) is 19.7. The molecule has 82 valence electrons. The number of fused-ring (bicyclic) bond motifs is 1. The molecule has 0 saturated carbocycles. The zero-order chi connectivity index (χ0) is 11.5. The minimum Gasteiger partial charge on any atom is -0.461 e. The molecule has 5 heteroatoms. The van der Waals surface area contributed by atoms with Gasteiger partial charge in [0.2, 0.25) is 0 Å². The number of benzene rings is 1. The van der Waals surface area contributed by atoms with Gasteiger partial charge in [-0.3, -0.25) is 0 Å². The summed E-state index contributed by atoms with van der Waals surface area (Å²) in [6.07, 6.45) is 0. The first-order valence-electron chi connectivity index (χ1n) is 4.91. The van der Waals surface area contributed by atoms with Crippen LogP contribution in [0.4, 0.5) is 5.82 Å². The number of ether oxygens (including phenoxy) is 1. The van der Waals surface area contributed by atoms with Crippen molar-refractivity contribution in [3.63, 3.8) is 0 Å². The molecule has 0 atom stereocenters. The fourth-order valence-electron chi connectivity index (χ4n) is 1.36. The number of carbonyl (C=O) groups excluding carboxylic acids is 1. The molecule has 0 amide bonds. The Morgan fingerprint density at radius 3 is 2.56 bits per heavy atom. The van der Waals surface area contributed by atoms with Gasteiger partial charge in [-0.25, -0.2) is 14.8 Å². The number of hydrogen-bond acceptors (Lipinski definition) is 5. The molecule has 2 aromatic rings. The number of hydrogen-bond donors (Lipinski definition) is 1. The lowest BCUT2D eigenvalue weighted by Gasteiger charge is -2.05. The first-order valence-corrected chi connectivity index (χ1v) is 4.91. The molecule has 1 heterocycles. The van der Waals surface area contributed by atoms with E-state index < -0.39 is 5.97 Å². The molecule has 2 N–H and O–H groups in total. The second kappa shape index (κ2) is 4.14. The third-order valence-corrected chi connectivity index (χ3v) is 2.07. The summed E-state index contributed by atoms with van der Waals surface area (Å²) in [5, 5.41) is 0. The van der Waals surface area contributed by atoms with Crippen LogP contribution >= 0.6 is 0 Å². The van der Waals surface area contributed by atoms with Gasteiger partial charge in [0.1, 0.15) is 0 Å². The Hall–Kier alpha value is -2.17. The molecular weight excluding hydrogens is 206 g/mol. The molecule has 2 rings (SSSR count). The molecule has 0 radical (unpaired) electrons. The number of rotatable bonds is 2. The summed E-state index contributed by atoms with van der Waals surface area (Å²) >= 11 is 0. The number of aromatic nitrogens is 2. The van der Waals surface area contributed by atoms with E-state index >= 15 is 0 Å². The second-order valence-electron chi connectivity index (χ2n) is 3.17. The first-order chi connectivity index (χ1) is 7.72. The lowest BCUT2D eigenvalue weighted by atomic mass is 10.3. The summed E-state index contributed by atoms with van der Waals surface area (Å²) < 4.78 is 4.84. The maximum Gasteiger partial charge on any atom is 0.360 e. The maximum absolute atomic E-state index is 11.5. The normalized spacial score (nSPS) is 10.3. The number of nitrogens with zero attached hydrogens (tertiary/aromatic N) is 2. The third kappa shape index (κ3) is 1.79. The molecule has 1 aromatic heterocycles. The van der Waals surface area contributed by atoms with E-state index in [1.165, 1.54) is 0 Å². The maximum atomic E-state index is 11.5. The molecule has 0 fully saturated rings. The largest absolute Gasteiger partial charge is 0.461 e. The van der Waals surface area contributed by atoms with Crippen molar-refractivity contribution >= 4 is 22.8 Å². The summed E-state index contributed by atoms with van der Waals surface area (Å²) in [6.45, 7) is 2.01. The van der Waals surface area contributed by atoms with E-state index in [-0.39, 0.29) is 18.1 Å². The molecule has 0 spiro atoms. The van der Waals surface area contributed by atoms with Crippen molar-refractivity contribution in [2.45, 2.75) is 6.92 Å². The second-order valence-corrected chi connectivity index (χ2v) is 3.17. The Balaban J connectivity index is 2.54. The van der Waals surface area contributed by atoms with Crippen LogP contribution in [0.3, 0.4) is 0 Å². The fourth-order valence-corrected chi connectivity index (χ4v) is 1.36. The van der Waals surface area contributed by atoms with Gasteiger partial charge >= 0.3 is 5.97 Å². The van der Waals surface area contributed by atoms with Crippen LogP contribution < -0.4 is 5.73 Å². The highest BCUT2D eigenvalue weighted by Crippen LogP contribution is 2.14. The Morgan fingerprint density at radius 2 is 1.94 bits per heavy atom. The van der Waals surface area contributed by atoms with Crippen molar-refractivity contribution in [3.05, 3.63) is 30.0 Å². The molecule has 1 aromatic carbocycles. The number of nitrogens with two attached hydrogens (primary N) is 1. The van der Waals surface area contributed by atoms with Crippen molar-refractivity contribution in [2.75, 3.05) is 12.3 Å². The van der Waals surface area contributed by atoms with Gasteiger partial charge in [-0.05, 0) is 19.1 Å². The summed E-state index contributed by atoms with van der Waals surface area (Å²) in [6, 6.07) is 7.21. The van der Waals surface area contributed by atoms with Gasteiger partial charge in [0.25, 0.3) is 0 Å². The molecule has 16 heavy (non-hydrogen) atoms. The monoisotopic (exact) mass is 217 g/mol. The Bertz CT molecular complexity index is 540. The third-order valence-electron chi connectivity index (χ3n) is 2.07. The standard InChI is InChI=1S/C11H11N3O2/c1-2-16-11(15)9-10(12)14-8-6-4-3-5-7(8)13-9/h3-6H,2H2,1H3,(H2,12,14). The van der Waals surface area contributed by atoms with E-state index in [0.717, 1.165) is 0 Å². The molecule has 0 saturated heterocycles. The predicted octanol–water partition coefficient (Wildman–Crippen LogP) is 1.39. The number of para-hydroxylation sites is 2. The SMILES string of the molecule is CCOC(=O)c1nc2ccccc2nc1N. The van der Waals surface area contributed by atoms with Gasteiger partial charge in [-0.1, -0.05) is 12.1 Å². The van der Waals surface area contributed by atoms with Crippen LogP contribution in [0, 0.1) is 0 Å². The predicted molar refractivity (Wildman–Crippen MR) is 59.9 cm³/mol. The zero-order valence-corrected chi connectivity index (χ0v) is 8.80. The number of nitrogen functional groups attached to an aromatic ring is 1. The summed E-state index contributed by atoms with van der Waals surface area (Å²) in [5.74, 6) is -0.449. The Kier molecular flexibility index (Phi) is 2.68. The first kappa shape index (κ1) is 10.4. The van der Waals surface area contributed by atoms with Gasteiger partial charge in [-0.15, -0.1) is 0 Å². The van der Waals surface area contributed by atoms with Crippen molar-refractivity contribution < 1.29 is 9.53 Å². The Labute approximate surface area is 92.3 Å². The van der Waals surface area contributed by atoms with Crippen LogP contribution in [0.1, 0.15) is 17.4 Å². The zero-order valence-electron chi connectivity index (χ0n) is 8.80. The highest BCUT2D eigenvalue weighted by Gasteiger charge is 2.14. The fraction of sp³-hybridized carbons (Fsp3) is 0.182. The van der Waals surface area contributed by atoms with Crippen LogP contribution in [-0.2, 0) is 4.74 Å². The molecule has 0 bridgehead atoms. The minimum absolute atomic E-state index is 0.0700. The molecule has 0 aliphatic rings. The van der Waals surface area contributed by atoms with Crippen LogP contribution in [0.2, 0.25) is 0 Å². The van der Waals surface area contributed by atoms with Gasteiger partial charge in [0.15, 0.2) is 11.5 Å². The van der Waals surface area contributed by atoms with E-state index in [4.69, 9.17) is 10.5 Å². The lowest BCUT2D eigenvalue weighted by Crippen LogP contribution is -2.12. The van der Waals surface area contributed by atoms with E-state index in [0.29, 0.717) is 11.0 Å². The highest BCUT2D eigenvalue weighted by molar-refractivity contribution is 5.94. The van der Waals surface area contributed by atoms with E-state index in [9.17, 15) is 4.79 Å². The van der Waals surface area contributed by atoms with E-state index in [1.54, 1.807) is 19.1 Å². The Morgan fingerprint density at radius 1 is 1.31 bits per heavy atom. The lowest BCUT2D eigenvalue weighted by molar-refractivity contribution is 0.0521. The highest BCUT2D eigenvalue weighted by atomic mass is 16.5. The van der Waals surface area contributed by atoms with Crippen LogP contribution in [0.25, 0.3) is 11.0 Å². The van der Waals surface area contributed by atoms with Crippen molar-refractivity contribution in [3.8, 4) is 0 Å². The van der Waals surface area contributed by atoms with Crippen LogP contribution in [0.15, 0.2) is 24.3 Å². The topological polar surface area (TPSA) is 78.1 Å². The average molecular weight is 217 g/mol. The number of esters is 1. The number of carbonyl (C=O) groups is 1. The van der Waals surface area contributed by atoms with E-state index in [1.807, 2.05) is 12.1 Å². The molecule has 0 aliphatic carbocycles. The van der Waals surface area contributed by atoms with Crippen molar-refractivity contribution in [1.29, 1.82) is 0 Å². The molecular formula is C11H11N3O2. The van der Waals surface area contributed by atoms with Gasteiger partial charge in [-0.2, -0.15) is 0 Å². The number of anilines is 1. The van der Waals surface area contributed by atoms with Gasteiger partial charge in [0.05, 0.1) is 17.6 Å². The van der Waals surface area contributed by atoms with Crippen LogP contribution in [0.5, 0.6) is 0 Å². The quantitative estimate of drug-likeness (QED) is 0.769. The molecule has 0 unspecified atom stereocenters. The minimum atomic E-state index is -0.543. The van der Waals surface area contributed by atoms with Gasteiger partial charge < -0.3 is 10.5 Å².